The summed E-state index contributed by atoms with van der Waals surface area (Å²) >= 11 is 0. The first-order chi connectivity index (χ1) is 22.0. The monoisotopic (exact) mass is 629 g/mol. The second-order valence-electron chi connectivity index (χ2n) is 13.3. The number of likely N-dealkylation sites (tertiary alicyclic amines) is 1. The molecule has 3 heterocycles. The number of aryl methyl sites for hydroxylation is 3. The number of amides is 2. The number of aromatic nitrogens is 3. The van der Waals surface area contributed by atoms with Crippen LogP contribution in [0.5, 0.6) is 0 Å². The van der Waals surface area contributed by atoms with Crippen LogP contribution in [-0.4, -0.2) is 70.1 Å². The smallest absolute Gasteiger partial charge is 0.407 e. The molecule has 246 valence electrons. The van der Waals surface area contributed by atoms with Crippen LogP contribution in [0.15, 0.2) is 53.1 Å². The van der Waals surface area contributed by atoms with E-state index >= 15 is 0 Å². The Morgan fingerprint density at radius 3 is 2.57 bits per heavy atom. The lowest BCUT2D eigenvalue weighted by atomic mass is 9.95. The van der Waals surface area contributed by atoms with Gasteiger partial charge in [-0.15, -0.1) is 0 Å². The second-order valence-corrected chi connectivity index (χ2v) is 13.3. The van der Waals surface area contributed by atoms with E-state index in [2.05, 4.69) is 21.1 Å². The van der Waals surface area contributed by atoms with Crippen molar-refractivity contribution < 1.29 is 23.6 Å². The lowest BCUT2D eigenvalue weighted by Crippen LogP contribution is -2.46. The largest absolute Gasteiger partial charge is 0.444 e. The molecule has 1 N–H and O–H groups in total. The zero-order valence-corrected chi connectivity index (χ0v) is 28.0. The van der Waals surface area contributed by atoms with Gasteiger partial charge in [-0.05, 0) is 83.6 Å². The zero-order valence-electron chi connectivity index (χ0n) is 28.0. The number of carbonyl (C=O) groups excluding carboxylic acids is 2. The number of nitrogens with zero attached hydrogens (tertiary/aromatic N) is 4. The number of carbonyl (C=O) groups is 2. The number of benzene rings is 2. The number of ether oxygens (including phenoxy) is 2. The quantitative estimate of drug-likeness (QED) is 0.187. The summed E-state index contributed by atoms with van der Waals surface area (Å²) in [6.07, 6.45) is 2.87. The molecule has 1 saturated heterocycles. The van der Waals surface area contributed by atoms with Gasteiger partial charge in [-0.3, -0.25) is 4.79 Å². The van der Waals surface area contributed by atoms with Crippen molar-refractivity contribution in [2.45, 2.75) is 90.8 Å². The van der Waals surface area contributed by atoms with E-state index in [9.17, 15) is 9.59 Å². The van der Waals surface area contributed by atoms with Gasteiger partial charge < -0.3 is 28.8 Å². The van der Waals surface area contributed by atoms with Crippen LogP contribution in [-0.2, 0) is 27.2 Å². The summed E-state index contributed by atoms with van der Waals surface area (Å²) in [6, 6.07) is 15.9. The van der Waals surface area contributed by atoms with Crippen molar-refractivity contribution in [2.75, 3.05) is 26.8 Å². The Morgan fingerprint density at radius 2 is 1.87 bits per heavy atom. The van der Waals surface area contributed by atoms with Crippen molar-refractivity contribution in [1.82, 2.24) is 24.9 Å². The van der Waals surface area contributed by atoms with Crippen LogP contribution in [0.2, 0.25) is 0 Å². The molecule has 1 aliphatic rings. The maximum Gasteiger partial charge on any atom is 0.407 e. The molecule has 0 radical (unpaired) electrons. The molecule has 2 aromatic heterocycles. The van der Waals surface area contributed by atoms with Crippen molar-refractivity contribution in [3.8, 4) is 11.1 Å². The minimum atomic E-state index is -0.649. The van der Waals surface area contributed by atoms with E-state index in [0.29, 0.717) is 26.1 Å². The summed E-state index contributed by atoms with van der Waals surface area (Å²) in [5.74, 6) is 1.93. The number of para-hydroxylation sites is 2. The minimum Gasteiger partial charge on any atom is -0.444 e. The molecule has 2 atom stereocenters. The molecule has 0 saturated carbocycles. The van der Waals surface area contributed by atoms with Gasteiger partial charge in [-0.2, -0.15) is 0 Å². The van der Waals surface area contributed by atoms with Crippen LogP contribution in [0.4, 0.5) is 4.79 Å². The molecular formula is C36H47N5O5. The Labute approximate surface area is 271 Å². The second kappa shape index (κ2) is 14.5. The summed E-state index contributed by atoms with van der Waals surface area (Å²) in [6.45, 7) is 12.1. The molecule has 10 nitrogen and oxygen atoms in total. The predicted molar refractivity (Wildman–Crippen MR) is 178 cm³/mol. The van der Waals surface area contributed by atoms with E-state index in [4.69, 9.17) is 19.0 Å². The highest BCUT2D eigenvalue weighted by Crippen LogP contribution is 2.31. The average Bonchev–Trinajstić information content (AvgIpc) is 3.55. The summed E-state index contributed by atoms with van der Waals surface area (Å²) < 4.78 is 18.5. The number of alkyl carbamates (subject to hydrolysis) is 1. The Kier molecular flexibility index (Phi) is 10.5. The number of methoxy groups -OCH3 is 1. The fourth-order valence-corrected chi connectivity index (χ4v) is 6.40. The third-order valence-corrected chi connectivity index (χ3v) is 8.45. The standard InChI is InChI=1S/C36H47N5O5/c1-24-33(25(2)46-39-24)27-16-14-26(15-17-27)21-29(37-35(43)45-36(3,4)5)22-32(42)40-18-9-11-28(23-40)34-38-30-12-7-8-13-31(30)41(34)19-10-20-44-6/h7-8,12-17,28-29H,9-11,18-23H2,1-6H3,(H,37,43)/t28-,29-/m1/s1. The molecule has 2 amide bonds. The van der Waals surface area contributed by atoms with Crippen molar-refractivity contribution >= 4 is 23.0 Å². The Hall–Kier alpha value is -4.18. The Bertz CT molecular complexity index is 1620. The van der Waals surface area contributed by atoms with Gasteiger partial charge in [0.2, 0.25) is 5.91 Å². The van der Waals surface area contributed by atoms with Crippen molar-refractivity contribution in [2.24, 2.45) is 0 Å². The van der Waals surface area contributed by atoms with Gasteiger partial charge in [0.15, 0.2) is 0 Å². The first-order valence-corrected chi connectivity index (χ1v) is 16.3. The van der Waals surface area contributed by atoms with E-state index in [1.165, 1.54) is 0 Å². The fourth-order valence-electron chi connectivity index (χ4n) is 6.40. The fraction of sp³-hybridized carbons (Fsp3) is 0.500. The summed E-state index contributed by atoms with van der Waals surface area (Å²) in [5, 5.41) is 7.06. The third-order valence-electron chi connectivity index (χ3n) is 8.45. The SMILES string of the molecule is COCCCn1c([C@@H]2CCCN(C(=O)C[C@@H](Cc3ccc(-c4c(C)noc4C)cc3)NC(=O)OC(C)(C)C)C2)nc2ccccc21. The molecule has 0 bridgehead atoms. The van der Waals surface area contributed by atoms with Gasteiger partial charge in [-0.25, -0.2) is 9.78 Å². The topological polar surface area (TPSA) is 112 Å². The maximum atomic E-state index is 13.9. The van der Waals surface area contributed by atoms with Gasteiger partial charge in [0.05, 0.1) is 16.7 Å². The molecule has 1 aliphatic heterocycles. The normalized spacial score (nSPS) is 16.0. The van der Waals surface area contributed by atoms with Crippen molar-refractivity contribution in [1.29, 1.82) is 0 Å². The zero-order chi connectivity index (χ0) is 32.8. The van der Waals surface area contributed by atoms with E-state index in [-0.39, 0.29) is 18.2 Å². The Morgan fingerprint density at radius 1 is 1.11 bits per heavy atom. The molecule has 4 aromatic rings. The number of fused-ring (bicyclic) bond motifs is 1. The molecule has 10 heteroatoms. The van der Waals surface area contributed by atoms with E-state index < -0.39 is 17.7 Å². The molecule has 5 rings (SSSR count). The predicted octanol–water partition coefficient (Wildman–Crippen LogP) is 6.58. The van der Waals surface area contributed by atoms with E-state index in [0.717, 1.165) is 70.8 Å². The first-order valence-electron chi connectivity index (χ1n) is 16.3. The van der Waals surface area contributed by atoms with Crippen LogP contribution in [0.1, 0.15) is 75.2 Å². The van der Waals surface area contributed by atoms with Crippen LogP contribution in [0.25, 0.3) is 22.2 Å². The van der Waals surface area contributed by atoms with Gasteiger partial charge in [-0.1, -0.05) is 41.6 Å². The summed E-state index contributed by atoms with van der Waals surface area (Å²) in [4.78, 5) is 33.7. The van der Waals surface area contributed by atoms with Crippen LogP contribution >= 0.6 is 0 Å². The molecule has 0 aliphatic carbocycles. The van der Waals surface area contributed by atoms with Gasteiger partial charge in [0, 0.05) is 57.3 Å². The number of hydrogen-bond acceptors (Lipinski definition) is 7. The third kappa shape index (κ3) is 8.15. The number of hydrogen-bond donors (Lipinski definition) is 1. The van der Waals surface area contributed by atoms with Crippen LogP contribution < -0.4 is 5.32 Å². The van der Waals surface area contributed by atoms with E-state index in [1.54, 1.807) is 7.11 Å². The number of rotatable bonds is 11. The van der Waals surface area contributed by atoms with Crippen molar-refractivity contribution in [3.05, 3.63) is 71.4 Å². The molecule has 46 heavy (non-hydrogen) atoms. The molecule has 1 fully saturated rings. The number of imidazole rings is 1. The van der Waals surface area contributed by atoms with Gasteiger partial charge >= 0.3 is 6.09 Å². The summed E-state index contributed by atoms with van der Waals surface area (Å²) in [7, 11) is 1.72. The Balaban J connectivity index is 1.31. The van der Waals surface area contributed by atoms with Crippen LogP contribution in [0, 0.1) is 13.8 Å². The molecular weight excluding hydrogens is 582 g/mol. The maximum absolute atomic E-state index is 13.9. The lowest BCUT2D eigenvalue weighted by molar-refractivity contribution is -0.132. The van der Waals surface area contributed by atoms with Crippen molar-refractivity contribution in [3.63, 3.8) is 0 Å². The molecule has 0 spiro atoms. The number of piperidine rings is 1. The van der Waals surface area contributed by atoms with Gasteiger partial charge in [0.1, 0.15) is 17.2 Å². The molecule has 2 aromatic carbocycles. The average molecular weight is 630 g/mol. The lowest BCUT2D eigenvalue weighted by Gasteiger charge is -2.34. The summed E-state index contributed by atoms with van der Waals surface area (Å²) in [5.41, 5.74) is 5.27. The highest BCUT2D eigenvalue weighted by Gasteiger charge is 2.30. The van der Waals surface area contributed by atoms with E-state index in [1.807, 2.05) is 82.0 Å². The number of nitrogens with one attached hydrogen (secondary N) is 1. The minimum absolute atomic E-state index is 0.0140. The highest BCUT2D eigenvalue weighted by molar-refractivity contribution is 5.79. The highest BCUT2D eigenvalue weighted by atomic mass is 16.6. The molecule has 0 unspecified atom stereocenters. The van der Waals surface area contributed by atoms with Gasteiger partial charge in [0.25, 0.3) is 0 Å². The van der Waals surface area contributed by atoms with Crippen LogP contribution in [0.3, 0.4) is 0 Å². The first kappa shape index (κ1) is 33.2.